The molecule has 0 heterocycles. The zero-order valence-corrected chi connectivity index (χ0v) is 15.8. The summed E-state index contributed by atoms with van der Waals surface area (Å²) in [4.78, 5) is 24.8. The van der Waals surface area contributed by atoms with Gasteiger partial charge in [0.05, 0.1) is 5.41 Å². The van der Waals surface area contributed by atoms with E-state index >= 15 is 0 Å². The number of rotatable bonds is 6. The molecule has 0 aliphatic heterocycles. The second-order valence-electron chi connectivity index (χ2n) is 6.97. The second-order valence-corrected chi connectivity index (χ2v) is 6.97. The standard InChI is InChI=1S/C21H19F4NO4/c22-17-6-2-1-5-16(17)20(11-3-4-12-20)19(28)29-13-18(27)26-14-7-9-15(10-8-14)30-21(23,24)25/h1-2,5-10H,3-4,11-13H2,(H,26,27). The van der Waals surface area contributed by atoms with Crippen LogP contribution in [0.5, 0.6) is 5.75 Å². The van der Waals surface area contributed by atoms with E-state index < -0.39 is 41.8 Å². The predicted molar refractivity (Wildman–Crippen MR) is 99.3 cm³/mol. The molecule has 0 saturated heterocycles. The number of halogens is 4. The molecule has 1 aliphatic carbocycles. The number of carbonyl (C=O) groups is 2. The Bertz CT molecular complexity index is 906. The summed E-state index contributed by atoms with van der Waals surface area (Å²) in [6, 6.07) is 10.5. The molecule has 2 aromatic rings. The number of carbonyl (C=O) groups excluding carboxylic acids is 2. The SMILES string of the molecule is O=C(COC(=O)C1(c2ccccc2F)CCCC1)Nc1ccc(OC(F)(F)F)cc1. The van der Waals surface area contributed by atoms with Crippen LogP contribution in [0, 0.1) is 5.82 Å². The van der Waals surface area contributed by atoms with Crippen LogP contribution in [0.1, 0.15) is 31.2 Å². The Morgan fingerprint density at radius 3 is 2.23 bits per heavy atom. The van der Waals surface area contributed by atoms with Crippen LogP contribution in [-0.2, 0) is 19.7 Å². The summed E-state index contributed by atoms with van der Waals surface area (Å²) in [6.07, 6.45) is -2.48. The zero-order valence-electron chi connectivity index (χ0n) is 15.8. The van der Waals surface area contributed by atoms with E-state index in [1.165, 1.54) is 24.3 Å². The van der Waals surface area contributed by atoms with Gasteiger partial charge in [-0.3, -0.25) is 9.59 Å². The number of hydrogen-bond donors (Lipinski definition) is 1. The summed E-state index contributed by atoms with van der Waals surface area (Å²) in [6.45, 7) is -0.601. The minimum absolute atomic E-state index is 0.204. The molecule has 3 rings (SSSR count). The fourth-order valence-electron chi connectivity index (χ4n) is 3.62. The van der Waals surface area contributed by atoms with Crippen molar-refractivity contribution in [3.05, 3.63) is 59.9 Å². The maximum absolute atomic E-state index is 14.3. The fraction of sp³-hybridized carbons (Fsp3) is 0.333. The van der Waals surface area contributed by atoms with Gasteiger partial charge >= 0.3 is 12.3 Å². The van der Waals surface area contributed by atoms with E-state index in [0.29, 0.717) is 12.8 Å². The molecule has 0 atom stereocenters. The molecule has 1 N–H and O–H groups in total. The number of amides is 1. The molecule has 1 amide bonds. The molecular weight excluding hydrogens is 406 g/mol. The average molecular weight is 425 g/mol. The number of ether oxygens (including phenoxy) is 2. The Labute approximate surface area is 170 Å². The molecule has 5 nitrogen and oxygen atoms in total. The third kappa shape index (κ3) is 5.08. The summed E-state index contributed by atoms with van der Waals surface area (Å²) >= 11 is 0. The van der Waals surface area contributed by atoms with Gasteiger partial charge in [0.1, 0.15) is 11.6 Å². The lowest BCUT2D eigenvalue weighted by Crippen LogP contribution is -2.37. The van der Waals surface area contributed by atoms with Crippen LogP contribution < -0.4 is 10.1 Å². The van der Waals surface area contributed by atoms with Crippen molar-refractivity contribution in [1.82, 2.24) is 0 Å². The molecule has 1 fully saturated rings. The number of nitrogens with one attached hydrogen (secondary N) is 1. The van der Waals surface area contributed by atoms with Crippen molar-refractivity contribution in [2.75, 3.05) is 11.9 Å². The highest BCUT2D eigenvalue weighted by Gasteiger charge is 2.46. The van der Waals surface area contributed by atoms with Crippen molar-refractivity contribution in [2.24, 2.45) is 0 Å². The van der Waals surface area contributed by atoms with Crippen molar-refractivity contribution in [3.63, 3.8) is 0 Å². The highest BCUT2D eigenvalue weighted by molar-refractivity contribution is 5.94. The number of hydrogen-bond acceptors (Lipinski definition) is 4. The summed E-state index contributed by atoms with van der Waals surface area (Å²) in [5.41, 5.74) is -0.661. The minimum atomic E-state index is -4.81. The first-order valence-corrected chi connectivity index (χ1v) is 9.27. The van der Waals surface area contributed by atoms with Crippen molar-refractivity contribution in [3.8, 4) is 5.75 Å². The predicted octanol–water partition coefficient (Wildman–Crippen LogP) is 4.72. The third-order valence-corrected chi connectivity index (χ3v) is 4.94. The molecule has 0 radical (unpaired) electrons. The van der Waals surface area contributed by atoms with Crippen LogP contribution in [0.4, 0.5) is 23.2 Å². The van der Waals surface area contributed by atoms with Crippen LogP contribution in [-0.4, -0.2) is 24.8 Å². The Morgan fingerprint density at radius 2 is 1.63 bits per heavy atom. The molecule has 0 bridgehead atoms. The van der Waals surface area contributed by atoms with Crippen molar-refractivity contribution < 1.29 is 36.6 Å². The van der Waals surface area contributed by atoms with E-state index in [4.69, 9.17) is 4.74 Å². The Hall–Kier alpha value is -3.10. The van der Waals surface area contributed by atoms with Crippen LogP contribution >= 0.6 is 0 Å². The van der Waals surface area contributed by atoms with E-state index in [1.54, 1.807) is 12.1 Å². The number of anilines is 1. The van der Waals surface area contributed by atoms with E-state index in [2.05, 4.69) is 10.1 Å². The first kappa shape index (κ1) is 21.6. The quantitative estimate of drug-likeness (QED) is 0.538. The number of benzene rings is 2. The maximum Gasteiger partial charge on any atom is 0.573 e. The van der Waals surface area contributed by atoms with Gasteiger partial charge in [-0.1, -0.05) is 31.0 Å². The molecule has 1 saturated carbocycles. The normalized spacial score (nSPS) is 15.5. The highest BCUT2D eigenvalue weighted by atomic mass is 19.4. The molecule has 0 unspecified atom stereocenters. The van der Waals surface area contributed by atoms with E-state index in [9.17, 15) is 27.2 Å². The van der Waals surface area contributed by atoms with Gasteiger partial charge in [0.15, 0.2) is 6.61 Å². The third-order valence-electron chi connectivity index (χ3n) is 4.94. The van der Waals surface area contributed by atoms with E-state index in [1.807, 2.05) is 0 Å². The first-order chi connectivity index (χ1) is 14.2. The largest absolute Gasteiger partial charge is 0.573 e. The lowest BCUT2D eigenvalue weighted by molar-refractivity contribution is -0.274. The van der Waals surface area contributed by atoms with Gasteiger partial charge in [-0.05, 0) is 43.2 Å². The lowest BCUT2D eigenvalue weighted by atomic mass is 9.78. The lowest BCUT2D eigenvalue weighted by Gasteiger charge is -2.27. The molecule has 0 aromatic heterocycles. The van der Waals surface area contributed by atoms with Gasteiger partial charge in [-0.2, -0.15) is 0 Å². The van der Waals surface area contributed by atoms with Gasteiger partial charge in [0.25, 0.3) is 5.91 Å². The van der Waals surface area contributed by atoms with Gasteiger partial charge in [-0.25, -0.2) is 4.39 Å². The van der Waals surface area contributed by atoms with Gasteiger partial charge in [0, 0.05) is 11.3 Å². The van der Waals surface area contributed by atoms with Crippen LogP contribution in [0.25, 0.3) is 0 Å². The summed E-state index contributed by atoms with van der Waals surface area (Å²) in [5, 5.41) is 2.41. The maximum atomic E-state index is 14.3. The average Bonchev–Trinajstić information content (AvgIpc) is 3.18. The molecular formula is C21H19F4NO4. The topological polar surface area (TPSA) is 64.6 Å². The van der Waals surface area contributed by atoms with Crippen molar-refractivity contribution >= 4 is 17.6 Å². The smallest absolute Gasteiger partial charge is 0.455 e. The van der Waals surface area contributed by atoms with Crippen LogP contribution in [0.2, 0.25) is 0 Å². The minimum Gasteiger partial charge on any atom is -0.455 e. The van der Waals surface area contributed by atoms with Crippen LogP contribution in [0.15, 0.2) is 48.5 Å². The number of alkyl halides is 3. The second kappa shape index (κ2) is 8.73. The molecule has 1 aliphatic rings. The Morgan fingerprint density at radius 1 is 1.00 bits per heavy atom. The summed E-state index contributed by atoms with van der Waals surface area (Å²) in [7, 11) is 0. The highest BCUT2D eigenvalue weighted by Crippen LogP contribution is 2.43. The molecule has 2 aromatic carbocycles. The fourth-order valence-corrected chi connectivity index (χ4v) is 3.62. The monoisotopic (exact) mass is 425 g/mol. The molecule has 9 heteroatoms. The molecule has 160 valence electrons. The van der Waals surface area contributed by atoms with Gasteiger partial charge in [0.2, 0.25) is 0 Å². The zero-order chi connectivity index (χ0) is 21.8. The first-order valence-electron chi connectivity index (χ1n) is 9.27. The molecule has 30 heavy (non-hydrogen) atoms. The van der Waals surface area contributed by atoms with E-state index in [-0.39, 0.29) is 11.3 Å². The van der Waals surface area contributed by atoms with Gasteiger partial charge < -0.3 is 14.8 Å². The van der Waals surface area contributed by atoms with Crippen molar-refractivity contribution in [1.29, 1.82) is 0 Å². The summed E-state index contributed by atoms with van der Waals surface area (Å²) < 4.78 is 59.7. The van der Waals surface area contributed by atoms with Crippen molar-refractivity contribution in [2.45, 2.75) is 37.5 Å². The molecule has 0 spiro atoms. The number of esters is 1. The van der Waals surface area contributed by atoms with Crippen LogP contribution in [0.3, 0.4) is 0 Å². The summed E-state index contributed by atoms with van der Waals surface area (Å²) in [5.74, 6) is -2.27. The Kier molecular flexibility index (Phi) is 6.28. The Balaban J connectivity index is 1.60. The van der Waals surface area contributed by atoms with E-state index in [0.717, 1.165) is 25.0 Å². The van der Waals surface area contributed by atoms with Gasteiger partial charge in [-0.15, -0.1) is 13.2 Å².